The predicted molar refractivity (Wildman–Crippen MR) is 103 cm³/mol. The normalized spacial score (nSPS) is 12.4. The van der Waals surface area contributed by atoms with Crippen LogP contribution in [0, 0.1) is 0 Å². The number of amides is 1. The molecule has 0 aliphatic heterocycles. The van der Waals surface area contributed by atoms with E-state index < -0.39 is 12.1 Å². The van der Waals surface area contributed by atoms with E-state index in [1.165, 1.54) is 4.68 Å². The number of hydrogen-bond acceptors (Lipinski definition) is 5. The molecule has 7 heteroatoms. The summed E-state index contributed by atoms with van der Waals surface area (Å²) in [5, 5.41) is 5.30. The second kappa shape index (κ2) is 8.33. The second-order valence-corrected chi connectivity index (χ2v) is 7.16. The fourth-order valence-corrected chi connectivity index (χ4v) is 3.25. The summed E-state index contributed by atoms with van der Waals surface area (Å²) in [5.41, 5.74) is 0.220. The zero-order chi connectivity index (χ0) is 20.3. The number of ether oxygens (including phenoxy) is 1. The highest BCUT2D eigenvalue weighted by Gasteiger charge is 2.28. The maximum Gasteiger partial charge on any atom is 0.312 e. The minimum atomic E-state index is -0.888. The van der Waals surface area contributed by atoms with Gasteiger partial charge in [-0.1, -0.05) is 18.2 Å². The molecule has 1 unspecified atom stereocenters. The molecule has 0 fully saturated rings. The summed E-state index contributed by atoms with van der Waals surface area (Å²) < 4.78 is 6.57. The van der Waals surface area contributed by atoms with Crippen LogP contribution in [0.25, 0.3) is 10.8 Å². The van der Waals surface area contributed by atoms with E-state index in [2.05, 4.69) is 5.10 Å². The Kier molecular flexibility index (Phi) is 6.36. The summed E-state index contributed by atoms with van der Waals surface area (Å²) >= 11 is 0. The van der Waals surface area contributed by atoms with Gasteiger partial charge in [0.15, 0.2) is 6.10 Å². The molecule has 146 valence electrons. The van der Waals surface area contributed by atoms with Crippen molar-refractivity contribution in [1.29, 1.82) is 0 Å². The van der Waals surface area contributed by atoms with Gasteiger partial charge in [-0.2, -0.15) is 5.10 Å². The van der Waals surface area contributed by atoms with Gasteiger partial charge in [0, 0.05) is 24.5 Å². The molecule has 7 nitrogen and oxygen atoms in total. The number of carbonyl (C=O) groups is 2. The minimum Gasteiger partial charge on any atom is -0.452 e. The molecule has 0 aliphatic rings. The van der Waals surface area contributed by atoms with Gasteiger partial charge in [-0.05, 0) is 40.7 Å². The van der Waals surface area contributed by atoms with E-state index >= 15 is 0 Å². The summed E-state index contributed by atoms with van der Waals surface area (Å²) in [6, 6.07) is 7.01. The van der Waals surface area contributed by atoms with Crippen LogP contribution >= 0.6 is 0 Å². The molecule has 1 aromatic heterocycles. The lowest BCUT2D eigenvalue weighted by Crippen LogP contribution is -2.47. The van der Waals surface area contributed by atoms with Gasteiger partial charge in [0.25, 0.3) is 11.5 Å². The van der Waals surface area contributed by atoms with Crippen molar-refractivity contribution in [2.45, 2.75) is 59.2 Å². The first-order valence-electron chi connectivity index (χ1n) is 9.10. The van der Waals surface area contributed by atoms with E-state index in [4.69, 9.17) is 4.74 Å². The molecular weight excluding hydrogens is 346 g/mol. The maximum atomic E-state index is 12.6. The first kappa shape index (κ1) is 20.6. The summed E-state index contributed by atoms with van der Waals surface area (Å²) in [7, 11) is 1.54. The molecule has 0 N–H and O–H groups in total. The number of aromatic nitrogens is 2. The van der Waals surface area contributed by atoms with E-state index in [-0.39, 0.29) is 30.0 Å². The SMILES string of the molecule is CC(OC(=O)Cc1nn(C)c(=O)c2ccccc12)C(=O)N(C(C)C)C(C)C. The van der Waals surface area contributed by atoms with Crippen molar-refractivity contribution in [3.8, 4) is 0 Å². The maximum absolute atomic E-state index is 12.6. The molecule has 0 bridgehead atoms. The van der Waals surface area contributed by atoms with Gasteiger partial charge >= 0.3 is 5.97 Å². The van der Waals surface area contributed by atoms with Crippen LogP contribution in [0.2, 0.25) is 0 Å². The Labute approximate surface area is 158 Å². The van der Waals surface area contributed by atoms with E-state index in [0.717, 1.165) is 0 Å². The number of esters is 1. The summed E-state index contributed by atoms with van der Waals surface area (Å²) in [4.78, 5) is 38.9. The Hall–Kier alpha value is -2.70. The fourth-order valence-electron chi connectivity index (χ4n) is 3.25. The monoisotopic (exact) mass is 373 g/mol. The van der Waals surface area contributed by atoms with Gasteiger partial charge in [-0.15, -0.1) is 0 Å². The molecule has 0 aliphatic carbocycles. The van der Waals surface area contributed by atoms with Gasteiger partial charge in [0.05, 0.1) is 17.5 Å². The summed E-state index contributed by atoms with van der Waals surface area (Å²) in [6.07, 6.45) is -1.00. The largest absolute Gasteiger partial charge is 0.452 e. The van der Waals surface area contributed by atoms with Crippen molar-refractivity contribution in [2.75, 3.05) is 0 Å². The smallest absolute Gasteiger partial charge is 0.312 e. The van der Waals surface area contributed by atoms with Crippen molar-refractivity contribution in [2.24, 2.45) is 7.05 Å². The van der Waals surface area contributed by atoms with Crippen molar-refractivity contribution in [3.05, 3.63) is 40.3 Å². The molecule has 0 saturated carbocycles. The third-order valence-electron chi connectivity index (χ3n) is 4.37. The molecule has 0 radical (unpaired) electrons. The first-order chi connectivity index (χ1) is 12.6. The Morgan fingerprint density at radius 3 is 2.19 bits per heavy atom. The average molecular weight is 373 g/mol. The summed E-state index contributed by atoms with van der Waals surface area (Å²) in [6.45, 7) is 9.27. The number of rotatable bonds is 6. The third kappa shape index (κ3) is 4.53. The summed E-state index contributed by atoms with van der Waals surface area (Å²) in [5.74, 6) is -0.786. The van der Waals surface area contributed by atoms with Crippen LogP contribution in [0.5, 0.6) is 0 Å². The number of fused-ring (bicyclic) bond motifs is 1. The van der Waals surface area contributed by atoms with Crippen LogP contribution in [-0.4, -0.2) is 44.7 Å². The van der Waals surface area contributed by atoms with E-state index in [1.807, 2.05) is 27.7 Å². The van der Waals surface area contributed by atoms with Gasteiger partial charge < -0.3 is 9.64 Å². The Balaban J connectivity index is 2.19. The zero-order valence-electron chi connectivity index (χ0n) is 16.7. The van der Waals surface area contributed by atoms with Crippen molar-refractivity contribution in [3.63, 3.8) is 0 Å². The lowest BCUT2D eigenvalue weighted by Gasteiger charge is -2.32. The van der Waals surface area contributed by atoms with Crippen LogP contribution < -0.4 is 5.56 Å². The fraction of sp³-hybridized carbons (Fsp3) is 0.500. The highest BCUT2D eigenvalue weighted by Crippen LogP contribution is 2.15. The molecule has 0 spiro atoms. The number of benzene rings is 1. The first-order valence-corrected chi connectivity index (χ1v) is 9.10. The number of hydrogen-bond donors (Lipinski definition) is 0. The molecule has 1 amide bonds. The van der Waals surface area contributed by atoms with Gasteiger partial charge in [0.2, 0.25) is 0 Å². The zero-order valence-corrected chi connectivity index (χ0v) is 16.7. The highest BCUT2D eigenvalue weighted by molar-refractivity contribution is 5.88. The van der Waals surface area contributed by atoms with Crippen LogP contribution in [0.4, 0.5) is 0 Å². The number of carbonyl (C=O) groups excluding carboxylic acids is 2. The number of aryl methyl sites for hydroxylation is 1. The van der Waals surface area contributed by atoms with Gasteiger partial charge in [-0.3, -0.25) is 14.4 Å². The topological polar surface area (TPSA) is 81.5 Å². The van der Waals surface area contributed by atoms with Crippen LogP contribution in [0.1, 0.15) is 40.3 Å². The van der Waals surface area contributed by atoms with E-state index in [1.54, 1.807) is 43.1 Å². The molecule has 1 atom stereocenters. The van der Waals surface area contributed by atoms with Crippen molar-refractivity contribution < 1.29 is 14.3 Å². The van der Waals surface area contributed by atoms with Gasteiger partial charge in [-0.25, -0.2) is 4.68 Å². The molecule has 2 aromatic rings. The second-order valence-electron chi connectivity index (χ2n) is 7.16. The van der Waals surface area contributed by atoms with Crippen LogP contribution in [0.3, 0.4) is 0 Å². The molecule has 2 rings (SSSR count). The van der Waals surface area contributed by atoms with Crippen LogP contribution in [0.15, 0.2) is 29.1 Å². The van der Waals surface area contributed by atoms with E-state index in [9.17, 15) is 14.4 Å². The highest BCUT2D eigenvalue weighted by atomic mass is 16.5. The lowest BCUT2D eigenvalue weighted by atomic mass is 10.1. The molecule has 27 heavy (non-hydrogen) atoms. The molecular formula is C20H27N3O4. The lowest BCUT2D eigenvalue weighted by molar-refractivity contribution is -0.160. The van der Waals surface area contributed by atoms with E-state index in [0.29, 0.717) is 16.5 Å². The molecule has 1 aromatic carbocycles. The quantitative estimate of drug-likeness (QED) is 0.724. The molecule has 0 saturated heterocycles. The third-order valence-corrected chi connectivity index (χ3v) is 4.37. The predicted octanol–water partition coefficient (Wildman–Crippen LogP) is 2.05. The van der Waals surface area contributed by atoms with Crippen molar-refractivity contribution >= 4 is 22.6 Å². The van der Waals surface area contributed by atoms with Crippen LogP contribution in [-0.2, 0) is 27.8 Å². The Bertz CT molecular complexity index is 894. The van der Waals surface area contributed by atoms with Crippen molar-refractivity contribution in [1.82, 2.24) is 14.7 Å². The standard InChI is InChI=1S/C20H27N3O4/c1-12(2)23(13(3)4)19(25)14(5)27-18(24)11-17-15-9-7-8-10-16(15)20(26)22(6)21-17/h7-10,12-14H,11H2,1-6H3. The minimum absolute atomic E-state index is 0.00732. The average Bonchev–Trinajstić information content (AvgIpc) is 2.58. The Morgan fingerprint density at radius 2 is 1.63 bits per heavy atom. The number of nitrogens with zero attached hydrogens (tertiary/aromatic N) is 3. The Morgan fingerprint density at radius 1 is 1.07 bits per heavy atom. The van der Waals surface area contributed by atoms with Gasteiger partial charge in [0.1, 0.15) is 0 Å². The molecule has 1 heterocycles.